The van der Waals surface area contributed by atoms with Gasteiger partial charge in [0.05, 0.1) is 11.7 Å². The second kappa shape index (κ2) is 6.97. The number of aromatic nitrogens is 2. The number of rotatable bonds is 5. The number of anilines is 1. The summed E-state index contributed by atoms with van der Waals surface area (Å²) in [5, 5.41) is 5.19. The molecule has 0 aliphatic heterocycles. The van der Waals surface area contributed by atoms with Crippen molar-refractivity contribution in [3.05, 3.63) is 58.0 Å². The number of carbonyl (C=O) groups excluding carboxylic acids is 1. The molecular weight excluding hydrogens is 322 g/mol. The molecule has 2 heterocycles. The molecule has 0 aliphatic rings. The summed E-state index contributed by atoms with van der Waals surface area (Å²) in [5.41, 5.74) is 1.78. The summed E-state index contributed by atoms with van der Waals surface area (Å²) < 4.78 is 1.33. The first-order chi connectivity index (χ1) is 11.6. The highest BCUT2D eigenvalue weighted by Crippen LogP contribution is 2.20. The quantitative estimate of drug-likeness (QED) is 0.771. The van der Waals surface area contributed by atoms with Gasteiger partial charge in [0, 0.05) is 5.69 Å². The largest absolute Gasteiger partial charge is 0.325 e. The highest BCUT2D eigenvalue weighted by Gasteiger charge is 2.09. The summed E-state index contributed by atoms with van der Waals surface area (Å²) in [5.74, 6) is 0.251. The molecule has 0 unspecified atom stereocenters. The van der Waals surface area contributed by atoms with Gasteiger partial charge in [-0.25, -0.2) is 4.98 Å². The number of hydrogen-bond acceptors (Lipinski definition) is 4. The van der Waals surface area contributed by atoms with E-state index in [9.17, 15) is 9.59 Å². The molecule has 0 aliphatic carbocycles. The highest BCUT2D eigenvalue weighted by molar-refractivity contribution is 7.16. The number of thiophene rings is 1. The summed E-state index contributed by atoms with van der Waals surface area (Å²) in [6, 6.07) is 9.56. The Morgan fingerprint density at radius 2 is 2.04 bits per heavy atom. The lowest BCUT2D eigenvalue weighted by Gasteiger charge is -2.11. The zero-order valence-corrected chi connectivity index (χ0v) is 14.5. The molecule has 6 heteroatoms. The second-order valence-corrected chi connectivity index (χ2v) is 6.69. The lowest BCUT2D eigenvalue weighted by molar-refractivity contribution is -0.116. The second-order valence-electron chi connectivity index (χ2n) is 5.80. The van der Waals surface area contributed by atoms with Crippen molar-refractivity contribution in [3.8, 4) is 0 Å². The SMILES string of the molecule is CC[C@H](C)c1ccc(NC(=O)Cn2cnc3sccc3c2=O)cc1. The topological polar surface area (TPSA) is 64.0 Å². The van der Waals surface area contributed by atoms with Crippen molar-refractivity contribution >= 4 is 33.1 Å². The van der Waals surface area contributed by atoms with Crippen molar-refractivity contribution in [1.82, 2.24) is 9.55 Å². The number of nitrogens with zero attached hydrogens (tertiary/aromatic N) is 2. The monoisotopic (exact) mass is 341 g/mol. The Balaban J connectivity index is 1.70. The summed E-state index contributed by atoms with van der Waals surface area (Å²) in [6.45, 7) is 4.27. The van der Waals surface area contributed by atoms with E-state index >= 15 is 0 Å². The maximum Gasteiger partial charge on any atom is 0.262 e. The van der Waals surface area contributed by atoms with Gasteiger partial charge in [0.25, 0.3) is 5.56 Å². The minimum absolute atomic E-state index is 0.0509. The minimum Gasteiger partial charge on any atom is -0.325 e. The fourth-order valence-electron chi connectivity index (χ4n) is 2.49. The molecule has 5 nitrogen and oxygen atoms in total. The van der Waals surface area contributed by atoms with Gasteiger partial charge in [-0.15, -0.1) is 11.3 Å². The third-order valence-corrected chi connectivity index (χ3v) is 4.96. The van der Waals surface area contributed by atoms with Gasteiger partial charge >= 0.3 is 0 Å². The van der Waals surface area contributed by atoms with E-state index in [2.05, 4.69) is 24.1 Å². The number of benzene rings is 1. The molecule has 0 spiro atoms. The van der Waals surface area contributed by atoms with Gasteiger partial charge < -0.3 is 5.32 Å². The lowest BCUT2D eigenvalue weighted by Crippen LogP contribution is -2.27. The smallest absolute Gasteiger partial charge is 0.262 e. The Bertz CT molecular complexity index is 912. The van der Waals surface area contributed by atoms with Gasteiger partial charge in [-0.2, -0.15) is 0 Å². The number of carbonyl (C=O) groups is 1. The zero-order chi connectivity index (χ0) is 17.1. The highest BCUT2D eigenvalue weighted by atomic mass is 32.1. The third kappa shape index (κ3) is 3.38. The van der Waals surface area contributed by atoms with Crippen molar-refractivity contribution in [2.75, 3.05) is 5.32 Å². The lowest BCUT2D eigenvalue weighted by atomic mass is 9.99. The molecule has 3 aromatic rings. The van der Waals surface area contributed by atoms with Gasteiger partial charge in [0.2, 0.25) is 5.91 Å². The zero-order valence-electron chi connectivity index (χ0n) is 13.7. The Labute approximate surface area is 144 Å². The molecule has 1 aromatic carbocycles. The number of amides is 1. The Hall–Kier alpha value is -2.47. The van der Waals surface area contributed by atoms with Crippen LogP contribution in [0.5, 0.6) is 0 Å². The fraction of sp³-hybridized carbons (Fsp3) is 0.278. The van der Waals surface area contributed by atoms with Crippen LogP contribution >= 0.6 is 11.3 Å². The Kier molecular flexibility index (Phi) is 4.76. The van der Waals surface area contributed by atoms with E-state index in [1.165, 1.54) is 27.8 Å². The maximum absolute atomic E-state index is 12.3. The molecule has 0 bridgehead atoms. The van der Waals surface area contributed by atoms with E-state index in [-0.39, 0.29) is 18.0 Å². The van der Waals surface area contributed by atoms with E-state index in [1.807, 2.05) is 29.6 Å². The van der Waals surface area contributed by atoms with Crippen LogP contribution in [0.3, 0.4) is 0 Å². The molecule has 1 atom stereocenters. The predicted octanol–water partition coefficient (Wildman–Crippen LogP) is 3.61. The molecule has 2 aromatic heterocycles. The van der Waals surface area contributed by atoms with Crippen LogP contribution in [0.1, 0.15) is 31.7 Å². The van der Waals surface area contributed by atoms with Crippen molar-refractivity contribution < 1.29 is 4.79 Å². The van der Waals surface area contributed by atoms with Gasteiger partial charge in [-0.3, -0.25) is 14.2 Å². The van der Waals surface area contributed by atoms with E-state index in [4.69, 9.17) is 0 Å². The summed E-state index contributed by atoms with van der Waals surface area (Å²) in [6.07, 6.45) is 2.50. The van der Waals surface area contributed by atoms with E-state index < -0.39 is 0 Å². The molecule has 1 amide bonds. The van der Waals surface area contributed by atoms with Crippen molar-refractivity contribution in [3.63, 3.8) is 0 Å². The Morgan fingerprint density at radius 1 is 1.29 bits per heavy atom. The van der Waals surface area contributed by atoms with Crippen LogP contribution in [-0.4, -0.2) is 15.5 Å². The molecule has 0 saturated heterocycles. The van der Waals surface area contributed by atoms with Crippen LogP contribution in [0.15, 0.2) is 46.8 Å². The molecule has 0 fully saturated rings. The van der Waals surface area contributed by atoms with Crippen LogP contribution in [0.25, 0.3) is 10.2 Å². The van der Waals surface area contributed by atoms with E-state index in [0.29, 0.717) is 16.1 Å². The molecule has 0 saturated carbocycles. The van der Waals surface area contributed by atoms with Gasteiger partial charge in [-0.1, -0.05) is 26.0 Å². The Morgan fingerprint density at radius 3 is 2.75 bits per heavy atom. The van der Waals surface area contributed by atoms with Crippen LogP contribution < -0.4 is 10.9 Å². The van der Waals surface area contributed by atoms with E-state index in [0.717, 1.165) is 12.1 Å². The van der Waals surface area contributed by atoms with Crippen LogP contribution in [0.2, 0.25) is 0 Å². The molecule has 1 N–H and O–H groups in total. The minimum atomic E-state index is -0.246. The van der Waals surface area contributed by atoms with Crippen molar-refractivity contribution in [2.24, 2.45) is 0 Å². The number of hydrogen-bond donors (Lipinski definition) is 1. The standard InChI is InChI=1S/C18H19N3O2S/c1-3-12(2)13-4-6-14(7-5-13)20-16(22)10-21-11-19-17-15(18(21)23)8-9-24-17/h4-9,11-12H,3,10H2,1-2H3,(H,20,22)/t12-/m0/s1. The van der Waals surface area contributed by atoms with Crippen molar-refractivity contribution in [1.29, 1.82) is 0 Å². The van der Waals surface area contributed by atoms with E-state index in [1.54, 1.807) is 6.07 Å². The average Bonchev–Trinajstić information content (AvgIpc) is 3.07. The van der Waals surface area contributed by atoms with Crippen LogP contribution in [0.4, 0.5) is 5.69 Å². The molecule has 3 rings (SSSR count). The first-order valence-electron chi connectivity index (χ1n) is 7.91. The average molecular weight is 341 g/mol. The molecule has 124 valence electrons. The predicted molar refractivity (Wildman–Crippen MR) is 97.7 cm³/mol. The van der Waals surface area contributed by atoms with Crippen LogP contribution in [-0.2, 0) is 11.3 Å². The summed E-state index contributed by atoms with van der Waals surface area (Å²) in [4.78, 5) is 29.4. The third-order valence-electron chi connectivity index (χ3n) is 4.14. The normalized spacial score (nSPS) is 12.2. The van der Waals surface area contributed by atoms with Gasteiger partial charge in [-0.05, 0) is 41.5 Å². The van der Waals surface area contributed by atoms with Crippen LogP contribution in [0, 0.1) is 0 Å². The number of fused-ring (bicyclic) bond motifs is 1. The first kappa shape index (κ1) is 16.4. The molecule has 24 heavy (non-hydrogen) atoms. The number of nitrogens with one attached hydrogen (secondary N) is 1. The fourth-order valence-corrected chi connectivity index (χ4v) is 3.22. The van der Waals surface area contributed by atoms with Gasteiger partial charge in [0.15, 0.2) is 0 Å². The maximum atomic E-state index is 12.3. The van der Waals surface area contributed by atoms with Crippen molar-refractivity contribution in [2.45, 2.75) is 32.7 Å². The van der Waals surface area contributed by atoms with Gasteiger partial charge in [0.1, 0.15) is 11.4 Å². The summed E-state index contributed by atoms with van der Waals surface area (Å²) in [7, 11) is 0. The molecular formula is C18H19N3O2S. The molecule has 0 radical (unpaired) electrons. The summed E-state index contributed by atoms with van der Waals surface area (Å²) >= 11 is 1.41. The first-order valence-corrected chi connectivity index (χ1v) is 8.79.